The van der Waals surface area contributed by atoms with E-state index in [0.717, 1.165) is 30.5 Å². The molecule has 2 aromatic heterocycles. The normalized spacial score (nSPS) is 13.7. The summed E-state index contributed by atoms with van der Waals surface area (Å²) in [5.41, 5.74) is 19.8. The highest BCUT2D eigenvalue weighted by molar-refractivity contribution is 5.68. The number of hydrogen-bond donors (Lipinski definition) is 4. The molecule has 0 bridgehead atoms. The molecule has 0 atom stereocenters. The van der Waals surface area contributed by atoms with Crippen LogP contribution in [0.25, 0.3) is 0 Å². The van der Waals surface area contributed by atoms with Crippen molar-refractivity contribution in [3.8, 4) is 0 Å². The predicted octanol–water partition coefficient (Wildman–Crippen LogP) is 1.73. The first-order chi connectivity index (χ1) is 12.6. The third-order valence-electron chi connectivity index (χ3n) is 4.96. The lowest BCUT2D eigenvalue weighted by Crippen LogP contribution is -2.13. The Kier molecular flexibility index (Phi) is 4.22. The van der Waals surface area contributed by atoms with Gasteiger partial charge in [0.25, 0.3) is 0 Å². The van der Waals surface area contributed by atoms with Crippen LogP contribution < -0.4 is 22.7 Å². The Morgan fingerprint density at radius 3 is 2.58 bits per heavy atom. The Morgan fingerprint density at radius 2 is 1.88 bits per heavy atom. The van der Waals surface area contributed by atoms with Crippen LogP contribution in [0.3, 0.4) is 0 Å². The molecular weight excluding hydrogens is 326 g/mol. The zero-order chi connectivity index (χ0) is 18.1. The second-order valence-corrected chi connectivity index (χ2v) is 6.90. The average molecular weight is 349 g/mol. The Hall–Kier alpha value is -3.06. The van der Waals surface area contributed by atoms with E-state index in [1.165, 1.54) is 11.1 Å². The van der Waals surface area contributed by atoms with Gasteiger partial charge in [-0.05, 0) is 47.1 Å². The third kappa shape index (κ3) is 3.21. The maximum atomic E-state index is 6.11. The minimum Gasteiger partial charge on any atom is -0.395 e. The molecule has 7 heteroatoms. The summed E-state index contributed by atoms with van der Waals surface area (Å²) >= 11 is 0. The van der Waals surface area contributed by atoms with Crippen LogP contribution in [0.5, 0.6) is 0 Å². The van der Waals surface area contributed by atoms with Crippen molar-refractivity contribution in [3.63, 3.8) is 0 Å². The minimum absolute atomic E-state index is 0.387. The number of pyridine rings is 1. The maximum absolute atomic E-state index is 6.11. The highest BCUT2D eigenvalue weighted by Gasteiger charge is 2.21. The molecule has 2 heterocycles. The molecule has 1 aromatic carbocycles. The van der Waals surface area contributed by atoms with E-state index in [4.69, 9.17) is 17.3 Å². The van der Waals surface area contributed by atoms with Crippen molar-refractivity contribution in [1.29, 1.82) is 0 Å². The lowest BCUT2D eigenvalue weighted by atomic mass is 10.1. The average Bonchev–Trinajstić information content (AvgIpc) is 3.24. The Balaban J connectivity index is 1.45. The van der Waals surface area contributed by atoms with Crippen molar-refractivity contribution >= 4 is 17.3 Å². The topological polar surface area (TPSA) is 121 Å². The highest BCUT2D eigenvalue weighted by Crippen LogP contribution is 2.28. The zero-order valence-corrected chi connectivity index (χ0v) is 14.5. The second-order valence-electron chi connectivity index (χ2n) is 6.90. The van der Waals surface area contributed by atoms with Crippen molar-refractivity contribution < 1.29 is 0 Å². The van der Waals surface area contributed by atoms with Gasteiger partial charge in [-0.2, -0.15) is 5.10 Å². The molecule has 4 rings (SSSR count). The van der Waals surface area contributed by atoms with Crippen LogP contribution in [0.1, 0.15) is 22.3 Å². The first-order valence-corrected chi connectivity index (χ1v) is 8.72. The van der Waals surface area contributed by atoms with E-state index in [-0.39, 0.29) is 0 Å². The van der Waals surface area contributed by atoms with E-state index >= 15 is 0 Å². The second kappa shape index (κ2) is 6.68. The number of benzene rings is 1. The van der Waals surface area contributed by atoms with Gasteiger partial charge in [0.1, 0.15) is 5.82 Å². The molecule has 0 spiro atoms. The molecule has 0 radical (unpaired) electrons. The molecule has 3 aromatic rings. The van der Waals surface area contributed by atoms with E-state index in [9.17, 15) is 0 Å². The van der Waals surface area contributed by atoms with Gasteiger partial charge in [0.05, 0.1) is 11.9 Å². The van der Waals surface area contributed by atoms with Crippen LogP contribution in [0.4, 0.5) is 17.3 Å². The Labute approximate surface area is 152 Å². The van der Waals surface area contributed by atoms with Gasteiger partial charge in [0, 0.05) is 19.2 Å². The maximum Gasteiger partial charge on any atom is 0.165 e. The summed E-state index contributed by atoms with van der Waals surface area (Å²) in [6, 6.07) is 10.5. The Bertz CT molecular complexity index is 906. The molecular formula is C19H23N7. The molecule has 1 aliphatic rings. The standard InChI is InChI=1S/C19H23N7/c20-17-8-16(18(21)19(24-17)25-22)7-13-9-23-26(11-13)10-12-5-14-3-1-2-4-15(14)6-12/h1-4,8-9,11-12H,5-7,10,21-22H2,(H3,20,24,25). The number of rotatable bonds is 5. The molecule has 7 nitrogen and oxygen atoms in total. The molecule has 26 heavy (non-hydrogen) atoms. The monoisotopic (exact) mass is 349 g/mol. The van der Waals surface area contributed by atoms with Gasteiger partial charge in [-0.15, -0.1) is 0 Å². The summed E-state index contributed by atoms with van der Waals surface area (Å²) in [6.07, 6.45) is 6.83. The summed E-state index contributed by atoms with van der Waals surface area (Å²) < 4.78 is 2.02. The predicted molar refractivity (Wildman–Crippen MR) is 103 cm³/mol. The summed E-state index contributed by atoms with van der Waals surface area (Å²) in [6.45, 7) is 0.915. The van der Waals surface area contributed by atoms with Gasteiger partial charge in [0.2, 0.25) is 0 Å². The van der Waals surface area contributed by atoms with Crippen molar-refractivity contribution in [2.75, 3.05) is 16.9 Å². The number of hydrazine groups is 1. The highest BCUT2D eigenvalue weighted by atomic mass is 15.3. The fraction of sp³-hybridized carbons (Fsp3) is 0.263. The number of nitrogen functional groups attached to an aromatic ring is 3. The fourth-order valence-electron chi connectivity index (χ4n) is 3.75. The molecule has 0 amide bonds. The smallest absolute Gasteiger partial charge is 0.165 e. The van der Waals surface area contributed by atoms with E-state index in [1.54, 1.807) is 6.07 Å². The van der Waals surface area contributed by atoms with E-state index in [1.807, 2.05) is 10.9 Å². The number of fused-ring (bicyclic) bond motifs is 1. The van der Waals surface area contributed by atoms with Gasteiger partial charge in [0.15, 0.2) is 5.82 Å². The number of anilines is 3. The molecule has 0 unspecified atom stereocenters. The largest absolute Gasteiger partial charge is 0.395 e. The minimum atomic E-state index is 0.387. The quantitative estimate of drug-likeness (QED) is 0.411. The van der Waals surface area contributed by atoms with Crippen LogP contribution in [0.2, 0.25) is 0 Å². The molecule has 0 fully saturated rings. The van der Waals surface area contributed by atoms with Gasteiger partial charge >= 0.3 is 0 Å². The van der Waals surface area contributed by atoms with Crippen molar-refractivity contribution in [1.82, 2.24) is 14.8 Å². The van der Waals surface area contributed by atoms with Gasteiger partial charge in [-0.25, -0.2) is 10.8 Å². The van der Waals surface area contributed by atoms with E-state index in [2.05, 4.69) is 46.0 Å². The molecule has 7 N–H and O–H groups in total. The molecule has 0 saturated carbocycles. The molecule has 1 aliphatic carbocycles. The van der Waals surface area contributed by atoms with Crippen molar-refractivity contribution in [3.05, 3.63) is 65.0 Å². The zero-order valence-electron chi connectivity index (χ0n) is 14.5. The summed E-state index contributed by atoms with van der Waals surface area (Å²) in [4.78, 5) is 4.08. The number of nitrogens with two attached hydrogens (primary N) is 3. The first-order valence-electron chi connectivity index (χ1n) is 8.72. The lowest BCUT2D eigenvalue weighted by molar-refractivity contribution is 0.436. The van der Waals surface area contributed by atoms with Gasteiger partial charge < -0.3 is 16.9 Å². The van der Waals surface area contributed by atoms with Crippen LogP contribution >= 0.6 is 0 Å². The molecule has 134 valence electrons. The summed E-state index contributed by atoms with van der Waals surface area (Å²) in [5.74, 6) is 6.83. The Morgan fingerprint density at radius 1 is 1.15 bits per heavy atom. The fourth-order valence-corrected chi connectivity index (χ4v) is 3.75. The van der Waals surface area contributed by atoms with Crippen LogP contribution in [0, 0.1) is 5.92 Å². The number of nitrogens with zero attached hydrogens (tertiary/aromatic N) is 3. The number of aromatic nitrogens is 3. The third-order valence-corrected chi connectivity index (χ3v) is 4.96. The van der Waals surface area contributed by atoms with E-state index < -0.39 is 0 Å². The van der Waals surface area contributed by atoms with Crippen LogP contribution in [-0.2, 0) is 25.8 Å². The summed E-state index contributed by atoms with van der Waals surface area (Å²) in [5, 5.41) is 4.52. The first kappa shape index (κ1) is 16.4. The number of hydrogen-bond acceptors (Lipinski definition) is 6. The van der Waals surface area contributed by atoms with Crippen LogP contribution in [0.15, 0.2) is 42.7 Å². The number of nitrogens with one attached hydrogen (secondary N) is 1. The van der Waals surface area contributed by atoms with Gasteiger partial charge in [-0.3, -0.25) is 4.68 Å². The van der Waals surface area contributed by atoms with Crippen molar-refractivity contribution in [2.24, 2.45) is 11.8 Å². The van der Waals surface area contributed by atoms with E-state index in [0.29, 0.717) is 29.7 Å². The summed E-state index contributed by atoms with van der Waals surface area (Å²) in [7, 11) is 0. The molecule has 0 aliphatic heterocycles. The van der Waals surface area contributed by atoms with Crippen LogP contribution in [-0.4, -0.2) is 14.8 Å². The molecule has 0 saturated heterocycles. The SMILES string of the molecule is NNc1nc(N)cc(Cc2cnn(CC3Cc4ccccc4C3)c2)c1N. The van der Waals surface area contributed by atoms with Gasteiger partial charge in [-0.1, -0.05) is 24.3 Å². The lowest BCUT2D eigenvalue weighted by Gasteiger charge is -2.10. The van der Waals surface area contributed by atoms with Crippen molar-refractivity contribution in [2.45, 2.75) is 25.8 Å².